The molecule has 0 amide bonds. The summed E-state index contributed by atoms with van der Waals surface area (Å²) in [5.41, 5.74) is 1.59. The van der Waals surface area contributed by atoms with Crippen LogP contribution in [0.5, 0.6) is 0 Å². The van der Waals surface area contributed by atoms with Gasteiger partial charge in [0.05, 0.1) is 0 Å². The molecule has 0 bridgehead atoms. The molecular formula is C14H18ClNS2. The smallest absolute Gasteiger partial charge is 0.0439 e. The molecule has 1 aromatic carbocycles. The van der Waals surface area contributed by atoms with Crippen molar-refractivity contribution in [2.24, 2.45) is 0 Å². The van der Waals surface area contributed by atoms with Crippen LogP contribution in [0, 0.1) is 0 Å². The van der Waals surface area contributed by atoms with E-state index in [-0.39, 0.29) is 5.54 Å². The monoisotopic (exact) mass is 299 g/mol. The lowest BCUT2D eigenvalue weighted by Gasteiger charge is -2.24. The van der Waals surface area contributed by atoms with Crippen molar-refractivity contribution < 1.29 is 0 Å². The van der Waals surface area contributed by atoms with Gasteiger partial charge in [0.2, 0.25) is 0 Å². The highest BCUT2D eigenvalue weighted by Gasteiger charge is 2.45. The second-order valence-electron chi connectivity index (χ2n) is 5.08. The maximum atomic E-state index is 6.11. The number of benzene rings is 1. The normalized spacial score (nSPS) is 23.6. The third-order valence-corrected chi connectivity index (χ3v) is 6.37. The van der Waals surface area contributed by atoms with Crippen molar-refractivity contribution >= 4 is 35.1 Å². The molecule has 3 rings (SSSR count). The van der Waals surface area contributed by atoms with Gasteiger partial charge in [0.1, 0.15) is 0 Å². The van der Waals surface area contributed by atoms with Gasteiger partial charge < -0.3 is 5.32 Å². The summed E-state index contributed by atoms with van der Waals surface area (Å²) in [7, 11) is 0. The van der Waals surface area contributed by atoms with Crippen LogP contribution >= 0.6 is 35.1 Å². The Hall–Kier alpha value is 0.170. The van der Waals surface area contributed by atoms with Crippen LogP contribution in [0.25, 0.3) is 0 Å². The second-order valence-corrected chi connectivity index (χ2v) is 7.82. The van der Waals surface area contributed by atoms with Gasteiger partial charge in [-0.3, -0.25) is 0 Å². The summed E-state index contributed by atoms with van der Waals surface area (Å²) in [4.78, 5) is 0. The summed E-state index contributed by atoms with van der Waals surface area (Å²) >= 11 is 10.3. The summed E-state index contributed by atoms with van der Waals surface area (Å²) in [5.74, 6) is 5.09. The van der Waals surface area contributed by atoms with Gasteiger partial charge in [0.15, 0.2) is 0 Å². The molecule has 0 atom stereocenters. The molecule has 18 heavy (non-hydrogen) atoms. The maximum absolute atomic E-state index is 6.11. The molecular weight excluding hydrogens is 282 g/mol. The lowest BCUT2D eigenvalue weighted by Crippen LogP contribution is -2.41. The van der Waals surface area contributed by atoms with Gasteiger partial charge in [-0.1, -0.05) is 23.7 Å². The summed E-state index contributed by atoms with van der Waals surface area (Å²) in [6.45, 7) is 0. The van der Waals surface area contributed by atoms with Gasteiger partial charge in [0, 0.05) is 39.6 Å². The Morgan fingerprint density at radius 3 is 2.50 bits per heavy atom. The SMILES string of the molecule is Clc1cccc(C2(NC3CSCCSC3)CC2)c1. The number of hydrogen-bond acceptors (Lipinski definition) is 3. The molecule has 1 N–H and O–H groups in total. The fourth-order valence-corrected chi connectivity index (χ4v) is 5.11. The predicted octanol–water partition coefficient (Wildman–Crippen LogP) is 3.77. The largest absolute Gasteiger partial charge is 0.303 e. The van der Waals surface area contributed by atoms with Crippen LogP contribution in [0.15, 0.2) is 24.3 Å². The fraction of sp³-hybridized carbons (Fsp3) is 0.571. The van der Waals surface area contributed by atoms with E-state index >= 15 is 0 Å². The van der Waals surface area contributed by atoms with E-state index in [2.05, 4.69) is 47.0 Å². The van der Waals surface area contributed by atoms with Gasteiger partial charge in [0.25, 0.3) is 0 Å². The number of hydrogen-bond donors (Lipinski definition) is 1. The van der Waals surface area contributed by atoms with E-state index in [9.17, 15) is 0 Å². The van der Waals surface area contributed by atoms with E-state index in [4.69, 9.17) is 11.6 Å². The highest BCUT2D eigenvalue weighted by atomic mass is 35.5. The van der Waals surface area contributed by atoms with Gasteiger partial charge in [-0.2, -0.15) is 23.5 Å². The first-order valence-corrected chi connectivity index (χ1v) is 9.16. The van der Waals surface area contributed by atoms with Crippen LogP contribution in [-0.2, 0) is 5.54 Å². The van der Waals surface area contributed by atoms with E-state index < -0.39 is 0 Å². The minimum Gasteiger partial charge on any atom is -0.303 e. The molecule has 4 heteroatoms. The molecule has 98 valence electrons. The van der Waals surface area contributed by atoms with Crippen LogP contribution < -0.4 is 5.32 Å². The summed E-state index contributed by atoms with van der Waals surface area (Å²) in [6, 6.07) is 9.00. The fourth-order valence-electron chi connectivity index (χ4n) is 2.52. The topological polar surface area (TPSA) is 12.0 Å². The molecule has 0 aromatic heterocycles. The summed E-state index contributed by atoms with van der Waals surface area (Å²) < 4.78 is 0. The lowest BCUT2D eigenvalue weighted by molar-refractivity contribution is 0.470. The second kappa shape index (κ2) is 5.66. The van der Waals surface area contributed by atoms with E-state index in [1.165, 1.54) is 41.4 Å². The Kier molecular flexibility index (Phi) is 4.14. The third kappa shape index (κ3) is 3.01. The van der Waals surface area contributed by atoms with Crippen molar-refractivity contribution in [2.45, 2.75) is 24.4 Å². The van der Waals surface area contributed by atoms with Crippen LogP contribution in [0.3, 0.4) is 0 Å². The predicted molar refractivity (Wildman–Crippen MR) is 83.9 cm³/mol. The molecule has 1 nitrogen and oxygen atoms in total. The van der Waals surface area contributed by atoms with Crippen molar-refractivity contribution in [3.63, 3.8) is 0 Å². The first-order valence-electron chi connectivity index (χ1n) is 6.48. The highest BCUT2D eigenvalue weighted by molar-refractivity contribution is 8.03. The third-order valence-electron chi connectivity index (χ3n) is 3.62. The molecule has 2 fully saturated rings. The standard InChI is InChI=1S/C14H18ClNS2/c15-12-3-1-2-11(8-12)14(4-5-14)16-13-9-17-6-7-18-10-13/h1-3,8,13,16H,4-7,9-10H2. The number of rotatable bonds is 3. The zero-order valence-electron chi connectivity index (χ0n) is 10.3. The molecule has 1 aliphatic heterocycles. The van der Waals surface area contributed by atoms with Crippen LogP contribution in [0.1, 0.15) is 18.4 Å². The molecule has 0 spiro atoms. The van der Waals surface area contributed by atoms with Crippen LogP contribution in [0.2, 0.25) is 5.02 Å². The molecule has 2 aliphatic rings. The number of nitrogens with one attached hydrogen (secondary N) is 1. The molecule has 1 heterocycles. The van der Waals surface area contributed by atoms with E-state index in [0.717, 1.165) is 5.02 Å². The summed E-state index contributed by atoms with van der Waals surface area (Å²) in [6.07, 6.45) is 2.50. The maximum Gasteiger partial charge on any atom is 0.0439 e. The first kappa shape index (κ1) is 13.2. The quantitative estimate of drug-likeness (QED) is 0.912. The Labute approximate surface area is 122 Å². The van der Waals surface area contributed by atoms with Gasteiger partial charge in [-0.25, -0.2) is 0 Å². The zero-order chi connectivity index (χ0) is 12.4. The Morgan fingerprint density at radius 1 is 1.17 bits per heavy atom. The first-order chi connectivity index (χ1) is 8.78. The summed E-state index contributed by atoms with van der Waals surface area (Å²) in [5, 5.41) is 4.74. The molecule has 0 radical (unpaired) electrons. The van der Waals surface area contributed by atoms with Crippen molar-refractivity contribution in [3.8, 4) is 0 Å². The molecule has 1 aliphatic carbocycles. The average Bonchev–Trinajstić information content (AvgIpc) is 3.16. The highest BCUT2D eigenvalue weighted by Crippen LogP contribution is 2.46. The van der Waals surface area contributed by atoms with Gasteiger partial charge in [-0.05, 0) is 30.5 Å². The van der Waals surface area contributed by atoms with Crippen molar-refractivity contribution in [2.75, 3.05) is 23.0 Å². The van der Waals surface area contributed by atoms with Gasteiger partial charge >= 0.3 is 0 Å². The van der Waals surface area contributed by atoms with Crippen molar-refractivity contribution in [1.82, 2.24) is 5.32 Å². The molecule has 0 unspecified atom stereocenters. The number of thioether (sulfide) groups is 2. The number of halogens is 1. The minimum absolute atomic E-state index is 0.223. The Bertz CT molecular complexity index is 412. The zero-order valence-corrected chi connectivity index (χ0v) is 12.7. The van der Waals surface area contributed by atoms with Crippen LogP contribution in [0.4, 0.5) is 0 Å². The van der Waals surface area contributed by atoms with Crippen LogP contribution in [-0.4, -0.2) is 29.1 Å². The molecule has 1 saturated carbocycles. The van der Waals surface area contributed by atoms with Gasteiger partial charge in [-0.15, -0.1) is 0 Å². The van der Waals surface area contributed by atoms with E-state index in [1.54, 1.807) is 0 Å². The van der Waals surface area contributed by atoms with E-state index in [0.29, 0.717) is 6.04 Å². The lowest BCUT2D eigenvalue weighted by atomic mass is 10.0. The van der Waals surface area contributed by atoms with Crippen molar-refractivity contribution in [1.29, 1.82) is 0 Å². The Balaban J connectivity index is 1.71. The molecule has 1 aromatic rings. The minimum atomic E-state index is 0.223. The Morgan fingerprint density at radius 2 is 1.89 bits per heavy atom. The van der Waals surface area contributed by atoms with Crippen molar-refractivity contribution in [3.05, 3.63) is 34.9 Å². The molecule has 1 saturated heterocycles. The average molecular weight is 300 g/mol. The van der Waals surface area contributed by atoms with E-state index in [1.807, 2.05) is 6.07 Å².